The van der Waals surface area contributed by atoms with E-state index in [-0.39, 0.29) is 5.69 Å². The molecule has 0 bridgehead atoms. The molecule has 1 heterocycles. The fraction of sp³-hybridized carbons (Fsp3) is 0.267. The van der Waals surface area contributed by atoms with E-state index in [0.717, 1.165) is 0 Å². The lowest BCUT2D eigenvalue weighted by Crippen LogP contribution is -2.43. The molecule has 0 unspecified atom stereocenters. The van der Waals surface area contributed by atoms with Gasteiger partial charge < -0.3 is 20.7 Å². The lowest BCUT2D eigenvalue weighted by molar-refractivity contribution is -0.121. The molecule has 4 N–H and O–H groups in total. The number of rotatable bonds is 7. The molecule has 2 atom stereocenters. The molecular formula is C15H14Cl2FN3O4. The Kier molecular flexibility index (Phi) is 6.35. The number of carbonyl (C=O) groups is 2. The average molecular weight is 390 g/mol. The van der Waals surface area contributed by atoms with Crippen molar-refractivity contribution in [2.45, 2.75) is 17.0 Å². The van der Waals surface area contributed by atoms with Crippen molar-refractivity contribution in [1.82, 2.24) is 10.5 Å². The highest BCUT2D eigenvalue weighted by Crippen LogP contribution is 2.24. The van der Waals surface area contributed by atoms with E-state index in [4.69, 9.17) is 33.5 Å². The number of aromatic nitrogens is 1. The van der Waals surface area contributed by atoms with Crippen molar-refractivity contribution in [1.29, 1.82) is 0 Å². The van der Waals surface area contributed by atoms with Gasteiger partial charge in [0.05, 0.1) is 6.04 Å². The summed E-state index contributed by atoms with van der Waals surface area (Å²) in [5.41, 5.74) is 5.99. The Labute approximate surface area is 151 Å². The van der Waals surface area contributed by atoms with Crippen molar-refractivity contribution >= 4 is 35.0 Å². The molecule has 2 rings (SSSR count). The molecular weight excluding hydrogens is 376 g/mol. The van der Waals surface area contributed by atoms with Gasteiger partial charge in [-0.2, -0.15) is 0 Å². The summed E-state index contributed by atoms with van der Waals surface area (Å²) in [5.74, 6) is -1.22. The first kappa shape index (κ1) is 19.2. The molecule has 134 valence electrons. The smallest absolute Gasteiger partial charge is 0.270 e. The highest BCUT2D eigenvalue weighted by molar-refractivity contribution is 6.53. The second kappa shape index (κ2) is 8.28. The number of aliphatic hydroxyl groups excluding tert-OH is 1. The topological polar surface area (TPSA) is 118 Å². The van der Waals surface area contributed by atoms with Crippen LogP contribution < -0.4 is 11.1 Å². The number of carbonyl (C=O) groups excluding carboxylic acids is 2. The maximum atomic E-state index is 13.1. The van der Waals surface area contributed by atoms with Crippen molar-refractivity contribution in [3.63, 3.8) is 0 Å². The molecule has 1 aromatic heterocycles. The zero-order valence-electron chi connectivity index (χ0n) is 12.7. The van der Waals surface area contributed by atoms with Gasteiger partial charge in [0.15, 0.2) is 16.3 Å². The summed E-state index contributed by atoms with van der Waals surface area (Å²) >= 11 is 10.8. The Morgan fingerprint density at radius 1 is 1.32 bits per heavy atom. The minimum atomic E-state index is -1.37. The van der Waals surface area contributed by atoms with Gasteiger partial charge in [-0.15, -0.1) is 0 Å². The lowest BCUT2D eigenvalue weighted by atomic mass is 10.0. The molecule has 0 aliphatic heterocycles. The van der Waals surface area contributed by atoms with E-state index in [1.54, 1.807) is 12.1 Å². The summed E-state index contributed by atoms with van der Waals surface area (Å²) in [6.07, 6.45) is -1.31. The molecule has 0 saturated carbocycles. The zero-order valence-corrected chi connectivity index (χ0v) is 14.2. The van der Waals surface area contributed by atoms with Crippen LogP contribution in [0.5, 0.6) is 0 Å². The summed E-state index contributed by atoms with van der Waals surface area (Å²) in [7, 11) is 0. The maximum Gasteiger partial charge on any atom is 0.270 e. The van der Waals surface area contributed by atoms with Gasteiger partial charge in [-0.05, 0) is 5.56 Å². The van der Waals surface area contributed by atoms with Gasteiger partial charge >= 0.3 is 0 Å². The van der Waals surface area contributed by atoms with E-state index < -0.39 is 35.5 Å². The number of aliphatic hydroxyl groups is 1. The van der Waals surface area contributed by atoms with Crippen LogP contribution in [0.1, 0.15) is 22.2 Å². The van der Waals surface area contributed by atoms with Crippen LogP contribution >= 0.6 is 23.2 Å². The Morgan fingerprint density at radius 2 is 1.96 bits per heavy atom. The van der Waals surface area contributed by atoms with Crippen molar-refractivity contribution in [3.8, 4) is 11.3 Å². The van der Waals surface area contributed by atoms with Crippen LogP contribution in [0.25, 0.3) is 11.3 Å². The Balaban J connectivity index is 2.14. The number of alkyl halides is 3. The van der Waals surface area contributed by atoms with Crippen molar-refractivity contribution in [2.75, 3.05) is 6.67 Å². The van der Waals surface area contributed by atoms with Gasteiger partial charge in [0.2, 0.25) is 0 Å². The van der Waals surface area contributed by atoms with E-state index in [1.807, 2.05) is 0 Å². The molecule has 1 aromatic carbocycles. The average Bonchev–Trinajstić information content (AvgIpc) is 3.09. The van der Waals surface area contributed by atoms with Gasteiger partial charge in [-0.3, -0.25) is 9.59 Å². The van der Waals surface area contributed by atoms with Gasteiger partial charge in [-0.1, -0.05) is 52.6 Å². The van der Waals surface area contributed by atoms with E-state index in [0.29, 0.717) is 16.9 Å². The predicted molar refractivity (Wildman–Crippen MR) is 88.8 cm³/mol. The molecule has 2 aromatic rings. The number of nitrogens with two attached hydrogens (primary N) is 1. The summed E-state index contributed by atoms with van der Waals surface area (Å²) in [4.78, 5) is 21.1. The number of nitrogens with zero attached hydrogens (tertiary/aromatic N) is 1. The van der Waals surface area contributed by atoms with Crippen LogP contribution in [-0.2, 0) is 4.79 Å². The molecule has 25 heavy (non-hydrogen) atoms. The minimum absolute atomic E-state index is 0.0176. The molecule has 0 aliphatic carbocycles. The molecule has 0 radical (unpaired) electrons. The number of benzene rings is 1. The first-order valence-corrected chi connectivity index (χ1v) is 7.90. The number of halogens is 3. The third kappa shape index (κ3) is 4.68. The van der Waals surface area contributed by atoms with E-state index in [1.165, 1.54) is 18.2 Å². The number of hydrogen-bond acceptors (Lipinski definition) is 5. The fourth-order valence-electron chi connectivity index (χ4n) is 2.05. The Hall–Kier alpha value is -2.16. The number of amides is 2. The van der Waals surface area contributed by atoms with Gasteiger partial charge in [0.25, 0.3) is 11.8 Å². The quantitative estimate of drug-likeness (QED) is 0.623. The van der Waals surface area contributed by atoms with Crippen LogP contribution in [0, 0.1) is 0 Å². The first-order chi connectivity index (χ1) is 11.8. The van der Waals surface area contributed by atoms with Crippen LogP contribution in [0.2, 0.25) is 0 Å². The van der Waals surface area contributed by atoms with Crippen molar-refractivity contribution < 1.29 is 23.6 Å². The molecule has 2 amide bonds. The number of nitrogens with one attached hydrogen (secondary N) is 1. The largest absolute Gasteiger partial charge is 0.386 e. The lowest BCUT2D eigenvalue weighted by Gasteiger charge is -2.22. The van der Waals surface area contributed by atoms with Crippen molar-refractivity contribution in [2.24, 2.45) is 5.73 Å². The van der Waals surface area contributed by atoms with Crippen molar-refractivity contribution in [3.05, 3.63) is 41.6 Å². The third-order valence-electron chi connectivity index (χ3n) is 3.37. The molecule has 10 heteroatoms. The highest BCUT2D eigenvalue weighted by Gasteiger charge is 2.25. The van der Waals surface area contributed by atoms with Gasteiger partial charge in [-0.25, -0.2) is 4.39 Å². The molecule has 0 saturated heterocycles. The summed E-state index contributed by atoms with van der Waals surface area (Å²) in [5, 5.41) is 15.9. The molecule has 7 nitrogen and oxygen atoms in total. The maximum absolute atomic E-state index is 13.1. The molecule has 0 spiro atoms. The van der Waals surface area contributed by atoms with E-state index >= 15 is 0 Å². The zero-order chi connectivity index (χ0) is 18.6. The summed E-state index contributed by atoms with van der Waals surface area (Å²) < 4.78 is 18.1. The van der Waals surface area contributed by atoms with Crippen LogP contribution in [0.4, 0.5) is 4.39 Å². The third-order valence-corrected chi connectivity index (χ3v) is 3.77. The van der Waals surface area contributed by atoms with E-state index in [9.17, 15) is 19.1 Å². The monoisotopic (exact) mass is 389 g/mol. The first-order valence-electron chi connectivity index (χ1n) is 7.03. The van der Waals surface area contributed by atoms with Crippen LogP contribution in [-0.4, -0.2) is 39.6 Å². The van der Waals surface area contributed by atoms with Crippen LogP contribution in [0.15, 0.2) is 34.9 Å². The second-order valence-electron chi connectivity index (χ2n) is 5.08. The Bertz CT molecular complexity index is 751. The minimum Gasteiger partial charge on any atom is -0.386 e. The highest BCUT2D eigenvalue weighted by atomic mass is 35.5. The van der Waals surface area contributed by atoms with Crippen LogP contribution in [0.3, 0.4) is 0 Å². The molecule has 0 aliphatic rings. The second-order valence-corrected chi connectivity index (χ2v) is 6.17. The number of primary amides is 1. The van der Waals surface area contributed by atoms with Gasteiger partial charge in [0, 0.05) is 11.6 Å². The molecule has 0 fully saturated rings. The van der Waals surface area contributed by atoms with Gasteiger partial charge in [0.1, 0.15) is 12.8 Å². The predicted octanol–water partition coefficient (Wildman–Crippen LogP) is 1.73. The fourth-order valence-corrected chi connectivity index (χ4v) is 2.18. The van der Waals surface area contributed by atoms with E-state index in [2.05, 4.69) is 10.5 Å². The normalized spacial score (nSPS) is 13.5. The summed E-state index contributed by atoms with van der Waals surface area (Å²) in [6.45, 7) is -1.01. The number of hydrogen-bond donors (Lipinski definition) is 3. The standard InChI is InChI=1S/C15H14Cl2FN3O4/c16-13(17)15(24)20-10(6-18)12(22)8-3-1-7(2-4-8)11-5-9(14(19)23)21-25-11/h1-5,10,12-13,22H,6H2,(H2,19,23)(H,20,24)/t10-,12-/m1/s1. The SMILES string of the molecule is NC(=O)c1cc(-c2ccc([C@@H](O)[C@@H](CF)NC(=O)C(Cl)Cl)cc2)on1. The summed E-state index contributed by atoms with van der Waals surface area (Å²) in [6, 6.07) is 6.35. The Morgan fingerprint density at radius 3 is 2.44 bits per heavy atom.